The van der Waals surface area contributed by atoms with Crippen LogP contribution < -0.4 is 0 Å². The monoisotopic (exact) mass is 225 g/mol. The van der Waals surface area contributed by atoms with Crippen LogP contribution in [0.15, 0.2) is 0 Å². The summed E-state index contributed by atoms with van der Waals surface area (Å²) < 4.78 is 0. The molecule has 0 amide bonds. The average molecular weight is 225 g/mol. The van der Waals surface area contributed by atoms with Crippen molar-refractivity contribution in [1.29, 1.82) is 0 Å². The van der Waals surface area contributed by atoms with E-state index in [-0.39, 0.29) is 6.10 Å². The van der Waals surface area contributed by atoms with Gasteiger partial charge >= 0.3 is 0 Å². The van der Waals surface area contributed by atoms with Crippen LogP contribution in [0.2, 0.25) is 0 Å². The lowest BCUT2D eigenvalue weighted by Crippen LogP contribution is -2.42. The first kappa shape index (κ1) is 12.4. The SMILES string of the molecule is CN(C1CCCCCC1)C1CCC(O)CC1. The van der Waals surface area contributed by atoms with Crippen molar-refractivity contribution in [2.75, 3.05) is 7.05 Å². The minimum atomic E-state index is -0.0150. The fourth-order valence-corrected chi connectivity index (χ4v) is 3.43. The second kappa shape index (κ2) is 6.02. The maximum absolute atomic E-state index is 9.55. The summed E-state index contributed by atoms with van der Waals surface area (Å²) in [6.07, 6.45) is 12.9. The molecule has 94 valence electrons. The molecule has 1 N–H and O–H groups in total. The second-order valence-electron chi connectivity index (χ2n) is 5.77. The molecule has 2 fully saturated rings. The maximum Gasteiger partial charge on any atom is 0.0541 e. The van der Waals surface area contributed by atoms with Crippen molar-refractivity contribution < 1.29 is 5.11 Å². The Balaban J connectivity index is 1.83. The number of nitrogens with zero attached hydrogens (tertiary/aromatic N) is 1. The van der Waals surface area contributed by atoms with E-state index in [9.17, 15) is 5.11 Å². The molecule has 0 bridgehead atoms. The van der Waals surface area contributed by atoms with Crippen LogP contribution in [0.4, 0.5) is 0 Å². The Bertz CT molecular complexity index is 191. The Morgan fingerprint density at radius 2 is 1.25 bits per heavy atom. The standard InChI is InChI=1S/C14H27NO/c1-15(12-6-4-2-3-5-7-12)13-8-10-14(16)11-9-13/h12-14,16H,2-11H2,1H3. The lowest BCUT2D eigenvalue weighted by Gasteiger charge is -2.38. The van der Waals surface area contributed by atoms with Crippen molar-refractivity contribution in [1.82, 2.24) is 4.90 Å². The van der Waals surface area contributed by atoms with Gasteiger partial charge in [0.2, 0.25) is 0 Å². The van der Waals surface area contributed by atoms with E-state index >= 15 is 0 Å². The molecular weight excluding hydrogens is 198 g/mol. The molecule has 0 aromatic rings. The summed E-state index contributed by atoms with van der Waals surface area (Å²) in [5.74, 6) is 0. The predicted octanol–water partition coefficient (Wildman–Crippen LogP) is 2.94. The molecule has 0 saturated heterocycles. The van der Waals surface area contributed by atoms with E-state index in [2.05, 4.69) is 11.9 Å². The molecule has 2 aliphatic rings. The molecule has 0 aliphatic heterocycles. The lowest BCUT2D eigenvalue weighted by molar-refractivity contribution is 0.0631. The molecule has 2 heteroatoms. The highest BCUT2D eigenvalue weighted by Crippen LogP contribution is 2.28. The third kappa shape index (κ3) is 3.21. The summed E-state index contributed by atoms with van der Waals surface area (Å²) in [5.41, 5.74) is 0. The van der Waals surface area contributed by atoms with Gasteiger partial charge in [-0.15, -0.1) is 0 Å². The number of hydrogen-bond donors (Lipinski definition) is 1. The molecule has 0 spiro atoms. The first-order valence-corrected chi connectivity index (χ1v) is 7.17. The fourth-order valence-electron chi connectivity index (χ4n) is 3.43. The van der Waals surface area contributed by atoms with Gasteiger partial charge in [-0.2, -0.15) is 0 Å². The second-order valence-corrected chi connectivity index (χ2v) is 5.77. The van der Waals surface area contributed by atoms with Gasteiger partial charge in [0.25, 0.3) is 0 Å². The number of hydrogen-bond acceptors (Lipinski definition) is 2. The number of rotatable bonds is 2. The Kier molecular flexibility index (Phi) is 4.66. The van der Waals surface area contributed by atoms with Crippen molar-refractivity contribution in [3.05, 3.63) is 0 Å². The molecule has 0 radical (unpaired) electrons. The van der Waals surface area contributed by atoms with Crippen LogP contribution in [0.25, 0.3) is 0 Å². The van der Waals surface area contributed by atoms with Gasteiger partial charge in [0.05, 0.1) is 6.10 Å². The van der Waals surface area contributed by atoms with Crippen LogP contribution >= 0.6 is 0 Å². The summed E-state index contributed by atoms with van der Waals surface area (Å²) in [6.45, 7) is 0. The third-order valence-electron chi connectivity index (χ3n) is 4.64. The molecular formula is C14H27NO. The normalized spacial score (nSPS) is 33.9. The highest BCUT2D eigenvalue weighted by molar-refractivity contribution is 4.82. The molecule has 0 aromatic carbocycles. The predicted molar refractivity (Wildman–Crippen MR) is 67.5 cm³/mol. The zero-order valence-corrected chi connectivity index (χ0v) is 10.7. The molecule has 2 aliphatic carbocycles. The first-order chi connectivity index (χ1) is 7.77. The van der Waals surface area contributed by atoms with Gasteiger partial charge in [-0.05, 0) is 45.6 Å². The maximum atomic E-state index is 9.55. The van der Waals surface area contributed by atoms with E-state index in [0.717, 1.165) is 24.9 Å². The quantitative estimate of drug-likeness (QED) is 0.730. The Hall–Kier alpha value is -0.0800. The molecule has 0 aromatic heterocycles. The summed E-state index contributed by atoms with van der Waals surface area (Å²) in [6, 6.07) is 1.56. The molecule has 0 heterocycles. The van der Waals surface area contributed by atoms with E-state index < -0.39 is 0 Å². The zero-order chi connectivity index (χ0) is 11.4. The van der Waals surface area contributed by atoms with Gasteiger partial charge < -0.3 is 10.0 Å². The molecule has 2 rings (SSSR count). The van der Waals surface area contributed by atoms with Crippen molar-refractivity contribution in [2.24, 2.45) is 0 Å². The molecule has 16 heavy (non-hydrogen) atoms. The Labute approximate surface area is 100 Å². The van der Waals surface area contributed by atoms with Crippen LogP contribution in [0, 0.1) is 0 Å². The summed E-state index contributed by atoms with van der Waals surface area (Å²) >= 11 is 0. The smallest absolute Gasteiger partial charge is 0.0541 e. The van der Waals surface area contributed by atoms with E-state index in [0.29, 0.717) is 0 Å². The van der Waals surface area contributed by atoms with Crippen molar-refractivity contribution >= 4 is 0 Å². The van der Waals surface area contributed by atoms with E-state index in [4.69, 9.17) is 0 Å². The molecule has 0 unspecified atom stereocenters. The summed E-state index contributed by atoms with van der Waals surface area (Å²) in [4.78, 5) is 2.64. The third-order valence-corrected chi connectivity index (χ3v) is 4.64. The largest absolute Gasteiger partial charge is 0.393 e. The highest BCUT2D eigenvalue weighted by Gasteiger charge is 2.27. The van der Waals surface area contributed by atoms with E-state index in [1.807, 2.05) is 0 Å². The average Bonchev–Trinajstić information content (AvgIpc) is 2.57. The number of aliphatic hydroxyl groups excluding tert-OH is 1. The minimum absolute atomic E-state index is 0.0150. The van der Waals surface area contributed by atoms with Gasteiger partial charge in [0, 0.05) is 12.1 Å². The zero-order valence-electron chi connectivity index (χ0n) is 10.7. The molecule has 0 atom stereocenters. The molecule has 2 nitrogen and oxygen atoms in total. The van der Waals surface area contributed by atoms with Gasteiger partial charge in [0.15, 0.2) is 0 Å². The van der Waals surface area contributed by atoms with Crippen LogP contribution in [0.5, 0.6) is 0 Å². The fraction of sp³-hybridized carbons (Fsp3) is 1.00. The Morgan fingerprint density at radius 1 is 0.750 bits per heavy atom. The van der Waals surface area contributed by atoms with Gasteiger partial charge in [0.1, 0.15) is 0 Å². The topological polar surface area (TPSA) is 23.5 Å². The summed E-state index contributed by atoms with van der Waals surface area (Å²) in [5, 5.41) is 9.55. The van der Waals surface area contributed by atoms with Gasteiger partial charge in [-0.3, -0.25) is 0 Å². The van der Waals surface area contributed by atoms with Gasteiger partial charge in [-0.1, -0.05) is 25.7 Å². The highest BCUT2D eigenvalue weighted by atomic mass is 16.3. The minimum Gasteiger partial charge on any atom is -0.393 e. The molecule has 2 saturated carbocycles. The van der Waals surface area contributed by atoms with Crippen molar-refractivity contribution in [3.63, 3.8) is 0 Å². The van der Waals surface area contributed by atoms with E-state index in [1.54, 1.807) is 0 Å². The van der Waals surface area contributed by atoms with Crippen molar-refractivity contribution in [3.8, 4) is 0 Å². The van der Waals surface area contributed by atoms with Crippen LogP contribution in [-0.4, -0.2) is 35.2 Å². The van der Waals surface area contributed by atoms with E-state index in [1.165, 1.54) is 51.4 Å². The van der Waals surface area contributed by atoms with Crippen molar-refractivity contribution in [2.45, 2.75) is 82.4 Å². The number of aliphatic hydroxyl groups is 1. The first-order valence-electron chi connectivity index (χ1n) is 7.17. The van der Waals surface area contributed by atoms with Gasteiger partial charge in [-0.25, -0.2) is 0 Å². The van der Waals surface area contributed by atoms with Crippen LogP contribution in [0.1, 0.15) is 64.2 Å². The van der Waals surface area contributed by atoms with Crippen LogP contribution in [-0.2, 0) is 0 Å². The Morgan fingerprint density at radius 3 is 1.81 bits per heavy atom. The van der Waals surface area contributed by atoms with Crippen LogP contribution in [0.3, 0.4) is 0 Å². The lowest BCUT2D eigenvalue weighted by atomic mass is 9.90. The summed E-state index contributed by atoms with van der Waals surface area (Å²) in [7, 11) is 2.32.